The van der Waals surface area contributed by atoms with Crippen molar-refractivity contribution in [3.63, 3.8) is 0 Å². The van der Waals surface area contributed by atoms with Gasteiger partial charge >= 0.3 is 0 Å². The Kier molecular flexibility index (Phi) is 1.88. The molecule has 58 valence electrons. The highest BCUT2D eigenvalue weighted by Crippen LogP contribution is 2.14. The van der Waals surface area contributed by atoms with Gasteiger partial charge in [0.15, 0.2) is 0 Å². The van der Waals surface area contributed by atoms with Gasteiger partial charge in [-0.2, -0.15) is 0 Å². The lowest BCUT2D eigenvalue weighted by atomic mass is 10.1. The number of rotatable bonds is 0. The third-order valence-electron chi connectivity index (χ3n) is 1.65. The smallest absolute Gasteiger partial charge is 0.105 e. The molecule has 0 atom stereocenters. The van der Waals surface area contributed by atoms with Crippen LogP contribution < -0.4 is 0 Å². The molecule has 2 heteroatoms. The molecule has 0 aromatic carbocycles. The molecule has 0 bridgehead atoms. The van der Waals surface area contributed by atoms with Crippen molar-refractivity contribution in [3.8, 4) is 0 Å². The number of hydrogen-bond acceptors (Lipinski definition) is 2. The molecule has 1 heterocycles. The number of nitrogens with zero attached hydrogens (tertiary/aromatic N) is 1. The third-order valence-corrected chi connectivity index (χ3v) is 1.65. The Morgan fingerprint density at radius 1 is 1.40 bits per heavy atom. The monoisotopic (exact) mass is 141 g/mol. The van der Waals surface area contributed by atoms with Crippen LogP contribution in [0, 0.1) is 0 Å². The minimum Gasteiger partial charge on any atom is -0.498 e. The van der Waals surface area contributed by atoms with Crippen molar-refractivity contribution in [2.24, 2.45) is 0 Å². The van der Waals surface area contributed by atoms with Crippen molar-refractivity contribution in [3.05, 3.63) is 12.5 Å². The molecule has 0 saturated carbocycles. The van der Waals surface area contributed by atoms with Gasteiger partial charge in [0.1, 0.15) is 6.61 Å². The fourth-order valence-corrected chi connectivity index (χ4v) is 0.969. The summed E-state index contributed by atoms with van der Waals surface area (Å²) in [6.07, 6.45) is 3.76. The summed E-state index contributed by atoms with van der Waals surface area (Å²) in [7, 11) is 0. The van der Waals surface area contributed by atoms with E-state index in [0.29, 0.717) is 0 Å². The summed E-state index contributed by atoms with van der Waals surface area (Å²) in [6.45, 7) is 8.40. The zero-order valence-electron chi connectivity index (χ0n) is 6.92. The van der Waals surface area contributed by atoms with E-state index in [-0.39, 0.29) is 5.54 Å². The van der Waals surface area contributed by atoms with E-state index in [1.54, 1.807) is 6.26 Å². The van der Waals surface area contributed by atoms with Crippen LogP contribution in [0.25, 0.3) is 0 Å². The lowest BCUT2D eigenvalue weighted by Crippen LogP contribution is -2.40. The summed E-state index contributed by atoms with van der Waals surface area (Å²) in [5.74, 6) is 0. The van der Waals surface area contributed by atoms with E-state index in [2.05, 4.69) is 25.7 Å². The van der Waals surface area contributed by atoms with Crippen LogP contribution in [-0.2, 0) is 4.74 Å². The molecule has 2 nitrogen and oxygen atoms in total. The Hall–Kier alpha value is -0.660. The van der Waals surface area contributed by atoms with Gasteiger partial charge in [0, 0.05) is 11.7 Å². The van der Waals surface area contributed by atoms with Gasteiger partial charge in [-0.05, 0) is 20.8 Å². The fraction of sp³-hybridized carbons (Fsp3) is 0.750. The first-order valence-electron chi connectivity index (χ1n) is 3.66. The molecule has 0 aromatic heterocycles. The normalized spacial score (nSPS) is 18.9. The van der Waals surface area contributed by atoms with Crippen molar-refractivity contribution in [1.29, 1.82) is 0 Å². The van der Waals surface area contributed by atoms with Crippen LogP contribution in [0.5, 0.6) is 0 Å². The third kappa shape index (κ3) is 1.66. The SMILES string of the molecule is CC(C)(C)N1C=COCC1. The second kappa shape index (κ2) is 2.52. The minimum atomic E-state index is 0.236. The van der Waals surface area contributed by atoms with Crippen LogP contribution in [0.3, 0.4) is 0 Å². The Labute approximate surface area is 62.5 Å². The maximum absolute atomic E-state index is 5.07. The van der Waals surface area contributed by atoms with Crippen LogP contribution >= 0.6 is 0 Å². The van der Waals surface area contributed by atoms with Gasteiger partial charge in [0.2, 0.25) is 0 Å². The maximum Gasteiger partial charge on any atom is 0.105 e. The van der Waals surface area contributed by atoms with Gasteiger partial charge in [-0.15, -0.1) is 0 Å². The molecule has 0 spiro atoms. The molecular formula is C8H15NO. The zero-order valence-corrected chi connectivity index (χ0v) is 6.92. The van der Waals surface area contributed by atoms with E-state index < -0.39 is 0 Å². The maximum atomic E-state index is 5.07. The van der Waals surface area contributed by atoms with E-state index in [0.717, 1.165) is 13.2 Å². The Morgan fingerprint density at radius 3 is 2.40 bits per heavy atom. The predicted octanol–water partition coefficient (Wildman–Crippen LogP) is 1.59. The molecular weight excluding hydrogens is 126 g/mol. The second-order valence-electron chi connectivity index (χ2n) is 3.52. The van der Waals surface area contributed by atoms with E-state index in [4.69, 9.17) is 4.74 Å². The van der Waals surface area contributed by atoms with Crippen LogP contribution in [-0.4, -0.2) is 23.6 Å². The molecule has 0 radical (unpaired) electrons. The first-order chi connectivity index (χ1) is 4.61. The number of hydrogen-bond donors (Lipinski definition) is 0. The highest BCUT2D eigenvalue weighted by Gasteiger charge is 2.18. The molecule has 1 aliphatic rings. The van der Waals surface area contributed by atoms with Crippen molar-refractivity contribution in [1.82, 2.24) is 4.90 Å². The van der Waals surface area contributed by atoms with Gasteiger partial charge in [0.05, 0.1) is 12.8 Å². The van der Waals surface area contributed by atoms with Crippen LogP contribution in [0.4, 0.5) is 0 Å². The molecule has 1 aliphatic heterocycles. The summed E-state index contributed by atoms with van der Waals surface area (Å²) < 4.78 is 5.07. The van der Waals surface area contributed by atoms with Crippen LogP contribution in [0.2, 0.25) is 0 Å². The molecule has 0 unspecified atom stereocenters. The Bertz CT molecular complexity index is 135. The molecule has 0 fully saturated rings. The lowest BCUT2D eigenvalue weighted by molar-refractivity contribution is 0.114. The van der Waals surface area contributed by atoms with Gasteiger partial charge < -0.3 is 9.64 Å². The quantitative estimate of drug-likeness (QED) is 0.508. The fourth-order valence-electron chi connectivity index (χ4n) is 0.969. The van der Waals surface area contributed by atoms with Crippen molar-refractivity contribution < 1.29 is 4.74 Å². The largest absolute Gasteiger partial charge is 0.498 e. The molecule has 0 saturated heterocycles. The molecule has 10 heavy (non-hydrogen) atoms. The molecule has 0 aromatic rings. The summed E-state index contributed by atoms with van der Waals surface area (Å²) >= 11 is 0. The molecule has 0 N–H and O–H groups in total. The van der Waals surface area contributed by atoms with E-state index in [9.17, 15) is 0 Å². The minimum absolute atomic E-state index is 0.236. The van der Waals surface area contributed by atoms with Crippen LogP contribution in [0.1, 0.15) is 20.8 Å². The average molecular weight is 141 g/mol. The molecule has 0 amide bonds. The van der Waals surface area contributed by atoms with E-state index >= 15 is 0 Å². The predicted molar refractivity (Wildman–Crippen MR) is 41.6 cm³/mol. The number of ether oxygens (including phenoxy) is 1. The standard InChI is InChI=1S/C8H15NO/c1-8(2,3)9-4-6-10-7-5-9/h4,6H,5,7H2,1-3H3. The van der Waals surface area contributed by atoms with E-state index in [1.165, 1.54) is 0 Å². The van der Waals surface area contributed by atoms with Gasteiger partial charge in [-0.3, -0.25) is 0 Å². The summed E-state index contributed by atoms with van der Waals surface area (Å²) in [4.78, 5) is 2.27. The highest BCUT2D eigenvalue weighted by molar-refractivity contribution is 4.88. The second-order valence-corrected chi connectivity index (χ2v) is 3.52. The summed E-state index contributed by atoms with van der Waals surface area (Å²) in [6, 6.07) is 0. The van der Waals surface area contributed by atoms with Crippen molar-refractivity contribution in [2.75, 3.05) is 13.2 Å². The Balaban J connectivity index is 2.55. The van der Waals surface area contributed by atoms with Crippen molar-refractivity contribution >= 4 is 0 Å². The lowest BCUT2D eigenvalue weighted by Gasteiger charge is -2.36. The first-order valence-corrected chi connectivity index (χ1v) is 3.66. The van der Waals surface area contributed by atoms with Crippen molar-refractivity contribution in [2.45, 2.75) is 26.3 Å². The van der Waals surface area contributed by atoms with Gasteiger partial charge in [0.25, 0.3) is 0 Å². The van der Waals surface area contributed by atoms with Gasteiger partial charge in [-0.1, -0.05) is 0 Å². The molecule has 1 rings (SSSR count). The Morgan fingerprint density at radius 2 is 2.10 bits per heavy atom. The average Bonchev–Trinajstić information content (AvgIpc) is 1.88. The highest BCUT2D eigenvalue weighted by atomic mass is 16.5. The van der Waals surface area contributed by atoms with E-state index in [1.807, 2.05) is 6.20 Å². The summed E-state index contributed by atoms with van der Waals surface area (Å²) in [5.41, 5.74) is 0.236. The first kappa shape index (κ1) is 7.45. The zero-order chi connectivity index (χ0) is 7.61. The van der Waals surface area contributed by atoms with Crippen LogP contribution in [0.15, 0.2) is 12.5 Å². The van der Waals surface area contributed by atoms with Gasteiger partial charge in [-0.25, -0.2) is 0 Å². The topological polar surface area (TPSA) is 12.5 Å². The summed E-state index contributed by atoms with van der Waals surface area (Å²) in [5, 5.41) is 0. The molecule has 0 aliphatic carbocycles.